The van der Waals surface area contributed by atoms with Crippen LogP contribution in [0.3, 0.4) is 0 Å². The van der Waals surface area contributed by atoms with E-state index in [9.17, 15) is 17.6 Å². The van der Waals surface area contributed by atoms with Crippen molar-refractivity contribution in [2.24, 2.45) is 5.14 Å². The Morgan fingerprint density at radius 2 is 2.00 bits per heavy atom. The zero-order chi connectivity index (χ0) is 21.2. The Morgan fingerprint density at radius 1 is 1.24 bits per heavy atom. The normalized spacial score (nSPS) is 11.3. The lowest BCUT2D eigenvalue weighted by atomic mass is 10.2. The molecule has 0 aliphatic carbocycles. The molecule has 8 nitrogen and oxygen atoms in total. The lowest BCUT2D eigenvalue weighted by Crippen LogP contribution is -2.15. The van der Waals surface area contributed by atoms with Gasteiger partial charge < -0.3 is 14.6 Å². The molecule has 2 aromatic carbocycles. The Kier molecular flexibility index (Phi) is 5.66. The number of amides is 1. The molecule has 3 rings (SSSR count). The van der Waals surface area contributed by atoms with Gasteiger partial charge in [0.2, 0.25) is 10.0 Å². The summed E-state index contributed by atoms with van der Waals surface area (Å²) in [5.41, 5.74) is 1.73. The maximum atomic E-state index is 13.7. The molecule has 0 spiro atoms. The number of aromatic nitrogens is 1. The fourth-order valence-electron chi connectivity index (χ4n) is 2.59. The first kappa shape index (κ1) is 20.5. The molecular formula is C19H18FN3O5S. The quantitative estimate of drug-likeness (QED) is 0.633. The predicted octanol–water partition coefficient (Wildman–Crippen LogP) is 2.91. The van der Waals surface area contributed by atoms with Crippen molar-refractivity contribution in [3.05, 3.63) is 70.9 Å². The van der Waals surface area contributed by atoms with Gasteiger partial charge in [-0.25, -0.2) is 17.9 Å². The molecule has 0 saturated carbocycles. The van der Waals surface area contributed by atoms with E-state index in [1.54, 1.807) is 26.0 Å². The Bertz CT molecular complexity index is 1150. The number of halogens is 1. The highest BCUT2D eigenvalue weighted by molar-refractivity contribution is 7.89. The van der Waals surface area contributed by atoms with Crippen LogP contribution in [0.4, 0.5) is 10.1 Å². The molecule has 0 saturated heterocycles. The second-order valence-electron chi connectivity index (χ2n) is 6.29. The van der Waals surface area contributed by atoms with Crippen molar-refractivity contribution in [1.82, 2.24) is 5.16 Å². The van der Waals surface area contributed by atoms with Gasteiger partial charge in [-0.15, -0.1) is 0 Å². The molecule has 1 heterocycles. The lowest BCUT2D eigenvalue weighted by molar-refractivity contribution is 0.102. The van der Waals surface area contributed by atoms with Gasteiger partial charge in [0, 0.05) is 11.3 Å². The van der Waals surface area contributed by atoms with Gasteiger partial charge in [-0.2, -0.15) is 0 Å². The van der Waals surface area contributed by atoms with Crippen molar-refractivity contribution >= 4 is 21.6 Å². The summed E-state index contributed by atoms with van der Waals surface area (Å²) in [7, 11) is -4.12. The summed E-state index contributed by atoms with van der Waals surface area (Å²) in [6, 6.07) is 9.19. The van der Waals surface area contributed by atoms with Crippen molar-refractivity contribution in [3.8, 4) is 5.75 Å². The minimum absolute atomic E-state index is 0.0407. The van der Waals surface area contributed by atoms with Crippen LogP contribution in [0, 0.1) is 19.7 Å². The molecule has 3 aromatic rings. The highest BCUT2D eigenvalue weighted by Crippen LogP contribution is 2.21. The number of sulfonamides is 1. The van der Waals surface area contributed by atoms with Gasteiger partial charge in [0.25, 0.3) is 5.91 Å². The van der Waals surface area contributed by atoms with Crippen molar-refractivity contribution in [2.75, 3.05) is 5.32 Å². The van der Waals surface area contributed by atoms with Crippen LogP contribution in [0.15, 0.2) is 51.9 Å². The van der Waals surface area contributed by atoms with E-state index < -0.39 is 26.6 Å². The van der Waals surface area contributed by atoms with Gasteiger partial charge in [0.15, 0.2) is 0 Å². The van der Waals surface area contributed by atoms with Gasteiger partial charge in [0.1, 0.15) is 23.9 Å². The largest absolute Gasteiger partial charge is 0.489 e. The monoisotopic (exact) mass is 419 g/mol. The first-order valence-corrected chi connectivity index (χ1v) is 9.97. The van der Waals surface area contributed by atoms with Crippen molar-refractivity contribution in [2.45, 2.75) is 25.3 Å². The molecule has 0 aliphatic heterocycles. The molecule has 0 bridgehead atoms. The average molecular weight is 419 g/mol. The molecule has 1 aromatic heterocycles. The van der Waals surface area contributed by atoms with Crippen LogP contribution in [0.1, 0.15) is 27.4 Å². The molecule has 0 aliphatic rings. The van der Waals surface area contributed by atoms with Crippen molar-refractivity contribution < 1.29 is 26.9 Å². The first-order chi connectivity index (χ1) is 13.6. The van der Waals surface area contributed by atoms with E-state index in [0.29, 0.717) is 17.2 Å². The third kappa shape index (κ3) is 4.98. The number of hydrogen-bond acceptors (Lipinski definition) is 6. The SMILES string of the molecule is Cc1noc(C)c1COc1cccc(C(=O)Nc2cc(F)cc(S(N)(=O)=O)c2)c1. The van der Waals surface area contributed by atoms with Gasteiger partial charge in [-0.1, -0.05) is 11.2 Å². The summed E-state index contributed by atoms with van der Waals surface area (Å²) in [4.78, 5) is 12.0. The number of nitrogens with one attached hydrogen (secondary N) is 1. The molecular weight excluding hydrogens is 401 g/mol. The number of rotatable bonds is 6. The van der Waals surface area contributed by atoms with E-state index in [-0.39, 0.29) is 17.9 Å². The molecule has 1 amide bonds. The molecule has 29 heavy (non-hydrogen) atoms. The first-order valence-electron chi connectivity index (χ1n) is 8.43. The topological polar surface area (TPSA) is 125 Å². The van der Waals surface area contributed by atoms with Crippen LogP contribution >= 0.6 is 0 Å². The second-order valence-corrected chi connectivity index (χ2v) is 7.86. The van der Waals surface area contributed by atoms with E-state index >= 15 is 0 Å². The number of nitrogens with two attached hydrogens (primary N) is 1. The van der Waals surface area contributed by atoms with Crippen molar-refractivity contribution in [3.63, 3.8) is 0 Å². The van der Waals surface area contributed by atoms with Gasteiger partial charge in [0.05, 0.1) is 16.2 Å². The molecule has 0 atom stereocenters. The number of hydrogen-bond donors (Lipinski definition) is 2. The van der Waals surface area contributed by atoms with Gasteiger partial charge in [-0.05, 0) is 50.2 Å². The maximum Gasteiger partial charge on any atom is 0.255 e. The number of ether oxygens (including phenoxy) is 1. The van der Waals surface area contributed by atoms with E-state index in [2.05, 4.69) is 10.5 Å². The highest BCUT2D eigenvalue weighted by atomic mass is 32.2. The minimum atomic E-state index is -4.12. The lowest BCUT2D eigenvalue weighted by Gasteiger charge is -2.10. The van der Waals surface area contributed by atoms with Crippen LogP contribution in [0.25, 0.3) is 0 Å². The van der Waals surface area contributed by atoms with Crippen LogP contribution < -0.4 is 15.2 Å². The Hall–Kier alpha value is -3.24. The smallest absolute Gasteiger partial charge is 0.255 e. The van der Waals surface area contributed by atoms with E-state index in [0.717, 1.165) is 23.8 Å². The van der Waals surface area contributed by atoms with Crippen LogP contribution in [-0.4, -0.2) is 19.5 Å². The number of benzene rings is 2. The summed E-state index contributed by atoms with van der Waals surface area (Å²) in [5.74, 6) is -0.336. The van der Waals surface area contributed by atoms with Gasteiger partial charge in [-0.3, -0.25) is 4.79 Å². The summed E-state index contributed by atoms with van der Waals surface area (Å²) in [6.07, 6.45) is 0. The molecule has 0 unspecified atom stereocenters. The zero-order valence-electron chi connectivity index (χ0n) is 15.6. The number of aryl methyl sites for hydroxylation is 2. The fourth-order valence-corrected chi connectivity index (χ4v) is 3.16. The summed E-state index contributed by atoms with van der Waals surface area (Å²) < 4.78 is 47.3. The zero-order valence-corrected chi connectivity index (χ0v) is 16.4. The maximum absolute atomic E-state index is 13.7. The molecule has 152 valence electrons. The van der Waals surface area contributed by atoms with E-state index in [1.165, 1.54) is 12.1 Å². The predicted molar refractivity (Wildman–Crippen MR) is 102 cm³/mol. The average Bonchev–Trinajstić information content (AvgIpc) is 2.97. The second kappa shape index (κ2) is 8.02. The summed E-state index contributed by atoms with van der Waals surface area (Å²) >= 11 is 0. The number of nitrogens with zero attached hydrogens (tertiary/aromatic N) is 1. The summed E-state index contributed by atoms with van der Waals surface area (Å²) in [6.45, 7) is 3.79. The number of carbonyl (C=O) groups excluding carboxylic acids is 1. The molecule has 10 heteroatoms. The van der Waals surface area contributed by atoms with Crippen LogP contribution in [0.2, 0.25) is 0 Å². The third-order valence-corrected chi connectivity index (χ3v) is 5.01. The van der Waals surface area contributed by atoms with Crippen molar-refractivity contribution in [1.29, 1.82) is 0 Å². The molecule has 0 fully saturated rings. The molecule has 3 N–H and O–H groups in total. The number of primary sulfonamides is 1. The number of carbonyl (C=O) groups is 1. The summed E-state index contributed by atoms with van der Waals surface area (Å²) in [5, 5.41) is 11.3. The Labute approximate surface area is 166 Å². The Balaban J connectivity index is 1.75. The van der Waals surface area contributed by atoms with E-state index in [1.807, 2.05) is 0 Å². The highest BCUT2D eigenvalue weighted by Gasteiger charge is 2.14. The fraction of sp³-hybridized carbons (Fsp3) is 0.158. The van der Waals surface area contributed by atoms with Crippen LogP contribution in [-0.2, 0) is 16.6 Å². The molecule has 0 radical (unpaired) electrons. The number of anilines is 1. The van der Waals surface area contributed by atoms with Gasteiger partial charge >= 0.3 is 0 Å². The minimum Gasteiger partial charge on any atom is -0.489 e. The van der Waals surface area contributed by atoms with Crippen LogP contribution in [0.5, 0.6) is 5.75 Å². The Morgan fingerprint density at radius 3 is 2.66 bits per heavy atom. The van der Waals surface area contributed by atoms with E-state index in [4.69, 9.17) is 14.4 Å². The third-order valence-electron chi connectivity index (χ3n) is 4.12. The standard InChI is InChI=1S/C19H18FN3O5S/c1-11-18(12(2)28-23-11)10-27-16-5-3-4-13(6-16)19(24)22-15-7-14(20)8-17(9-15)29(21,25)26/h3-9H,10H2,1-2H3,(H,22,24)(H2,21,25,26).